The van der Waals surface area contributed by atoms with Gasteiger partial charge in [0.05, 0.1) is 4.92 Å². The Morgan fingerprint density at radius 3 is 2.89 bits per heavy atom. The van der Waals surface area contributed by atoms with Gasteiger partial charge in [-0.1, -0.05) is 0 Å². The quantitative estimate of drug-likeness (QED) is 0.637. The molecule has 2 rings (SSSR count). The molecule has 102 valence electrons. The average molecular weight is 263 g/mol. The number of hydrogen-bond acceptors (Lipinski definition) is 4. The number of piperidine rings is 1. The fourth-order valence-electron chi connectivity index (χ4n) is 2.24. The lowest BCUT2D eigenvalue weighted by atomic mass is 10.1. The molecule has 1 atom stereocenters. The zero-order chi connectivity index (χ0) is 13.8. The highest BCUT2D eigenvalue weighted by Crippen LogP contribution is 2.17. The third-order valence-electron chi connectivity index (χ3n) is 3.17. The van der Waals surface area contributed by atoms with E-state index in [1.807, 2.05) is 0 Å². The smallest absolute Gasteiger partial charge is 0.270 e. The van der Waals surface area contributed by atoms with E-state index in [1.54, 1.807) is 13.0 Å². The number of non-ortho nitro benzene ring substituents is 1. The number of rotatable bonds is 3. The summed E-state index contributed by atoms with van der Waals surface area (Å²) >= 11 is 0. The van der Waals surface area contributed by atoms with Crippen molar-refractivity contribution in [3.63, 3.8) is 0 Å². The minimum Gasteiger partial charge on any atom is -0.348 e. The maximum absolute atomic E-state index is 12.1. The van der Waals surface area contributed by atoms with Crippen LogP contribution in [0.2, 0.25) is 0 Å². The van der Waals surface area contributed by atoms with Crippen LogP contribution in [0.15, 0.2) is 18.2 Å². The van der Waals surface area contributed by atoms with Crippen molar-refractivity contribution in [1.82, 2.24) is 10.6 Å². The summed E-state index contributed by atoms with van der Waals surface area (Å²) in [5.74, 6) is -0.250. The molecule has 2 N–H and O–H groups in total. The number of nitro groups is 1. The summed E-state index contributed by atoms with van der Waals surface area (Å²) in [5.41, 5.74) is 1.00. The van der Waals surface area contributed by atoms with Crippen molar-refractivity contribution in [3.05, 3.63) is 39.4 Å². The van der Waals surface area contributed by atoms with Crippen LogP contribution in [0, 0.1) is 17.0 Å². The molecule has 0 radical (unpaired) electrons. The number of carbonyl (C=O) groups excluding carboxylic acids is 1. The molecule has 1 saturated heterocycles. The Morgan fingerprint density at radius 1 is 1.47 bits per heavy atom. The predicted octanol–water partition coefficient (Wildman–Crippen LogP) is 1.39. The van der Waals surface area contributed by atoms with Crippen LogP contribution < -0.4 is 10.6 Å². The third-order valence-corrected chi connectivity index (χ3v) is 3.17. The van der Waals surface area contributed by atoms with E-state index < -0.39 is 4.92 Å². The molecule has 0 spiro atoms. The fraction of sp³-hybridized carbons (Fsp3) is 0.462. The number of benzene rings is 1. The lowest BCUT2D eigenvalue weighted by molar-refractivity contribution is -0.384. The summed E-state index contributed by atoms with van der Waals surface area (Å²) < 4.78 is 0. The molecule has 6 heteroatoms. The Bertz CT molecular complexity index is 496. The Morgan fingerprint density at radius 2 is 2.26 bits per heavy atom. The van der Waals surface area contributed by atoms with E-state index in [2.05, 4.69) is 10.6 Å². The molecular formula is C13H17N3O3. The second-order valence-corrected chi connectivity index (χ2v) is 4.83. The van der Waals surface area contributed by atoms with Crippen molar-refractivity contribution in [3.8, 4) is 0 Å². The normalized spacial score (nSPS) is 18.9. The lowest BCUT2D eigenvalue weighted by Crippen LogP contribution is -2.45. The summed E-state index contributed by atoms with van der Waals surface area (Å²) in [4.78, 5) is 22.4. The molecule has 1 heterocycles. The average Bonchev–Trinajstić information content (AvgIpc) is 2.39. The maximum Gasteiger partial charge on any atom is 0.270 e. The van der Waals surface area contributed by atoms with Gasteiger partial charge in [-0.2, -0.15) is 0 Å². The Hall–Kier alpha value is -1.95. The molecule has 1 aliphatic heterocycles. The number of carbonyl (C=O) groups is 1. The van der Waals surface area contributed by atoms with Gasteiger partial charge in [0.2, 0.25) is 0 Å². The number of nitrogens with zero attached hydrogens (tertiary/aromatic N) is 1. The highest BCUT2D eigenvalue weighted by Gasteiger charge is 2.18. The van der Waals surface area contributed by atoms with E-state index >= 15 is 0 Å². The van der Waals surface area contributed by atoms with E-state index in [4.69, 9.17) is 0 Å². The lowest BCUT2D eigenvalue weighted by Gasteiger charge is -2.23. The Kier molecular flexibility index (Phi) is 4.11. The summed E-state index contributed by atoms with van der Waals surface area (Å²) in [5, 5.41) is 16.9. The number of aryl methyl sites for hydroxylation is 1. The molecule has 0 bridgehead atoms. The van der Waals surface area contributed by atoms with Gasteiger partial charge >= 0.3 is 0 Å². The standard InChI is InChI=1S/C13H17N3O3/c1-9-5-10(7-12(6-9)16(18)19)13(17)15-11-3-2-4-14-8-11/h5-7,11,14H,2-4,8H2,1H3,(H,15,17). The number of amides is 1. The van der Waals surface area contributed by atoms with Crippen molar-refractivity contribution in [2.75, 3.05) is 13.1 Å². The van der Waals surface area contributed by atoms with Gasteiger partial charge in [-0.25, -0.2) is 0 Å². The minimum absolute atomic E-state index is 0.0491. The van der Waals surface area contributed by atoms with Crippen LogP contribution in [0.25, 0.3) is 0 Å². The van der Waals surface area contributed by atoms with Gasteiger partial charge in [-0.15, -0.1) is 0 Å². The van der Waals surface area contributed by atoms with Crippen LogP contribution in [0.3, 0.4) is 0 Å². The SMILES string of the molecule is Cc1cc(C(=O)NC2CCCNC2)cc([N+](=O)[O-])c1. The van der Waals surface area contributed by atoms with Crippen molar-refractivity contribution >= 4 is 11.6 Å². The summed E-state index contributed by atoms with van der Waals surface area (Å²) in [6.07, 6.45) is 1.96. The Labute approximate surface area is 111 Å². The van der Waals surface area contributed by atoms with Crippen LogP contribution in [0.4, 0.5) is 5.69 Å². The van der Waals surface area contributed by atoms with E-state index in [0.29, 0.717) is 11.1 Å². The first-order valence-electron chi connectivity index (χ1n) is 6.34. The highest BCUT2D eigenvalue weighted by molar-refractivity contribution is 5.95. The number of nitrogens with one attached hydrogen (secondary N) is 2. The fourth-order valence-corrected chi connectivity index (χ4v) is 2.24. The topological polar surface area (TPSA) is 84.3 Å². The zero-order valence-corrected chi connectivity index (χ0v) is 10.8. The Balaban J connectivity index is 2.11. The first-order valence-corrected chi connectivity index (χ1v) is 6.34. The van der Waals surface area contributed by atoms with Crippen molar-refractivity contribution < 1.29 is 9.72 Å². The summed E-state index contributed by atoms with van der Waals surface area (Å²) in [6.45, 7) is 3.47. The van der Waals surface area contributed by atoms with Crippen LogP contribution in [-0.2, 0) is 0 Å². The first kappa shape index (κ1) is 13.5. The largest absolute Gasteiger partial charge is 0.348 e. The first-order chi connectivity index (χ1) is 9.06. The van der Waals surface area contributed by atoms with E-state index in [0.717, 1.165) is 25.9 Å². The molecule has 1 aromatic carbocycles. The van der Waals surface area contributed by atoms with Crippen molar-refractivity contribution in [1.29, 1.82) is 0 Å². The van der Waals surface area contributed by atoms with Gasteiger partial charge < -0.3 is 10.6 Å². The molecule has 1 fully saturated rings. The molecule has 0 saturated carbocycles. The number of nitro benzene ring substituents is 1. The molecule has 19 heavy (non-hydrogen) atoms. The molecule has 1 aromatic rings. The van der Waals surface area contributed by atoms with Gasteiger partial charge in [0.25, 0.3) is 11.6 Å². The summed E-state index contributed by atoms with van der Waals surface area (Å²) in [6, 6.07) is 4.54. The van der Waals surface area contributed by atoms with Crippen molar-refractivity contribution in [2.45, 2.75) is 25.8 Å². The molecule has 1 aliphatic rings. The predicted molar refractivity (Wildman–Crippen MR) is 71.2 cm³/mol. The summed E-state index contributed by atoms with van der Waals surface area (Å²) in [7, 11) is 0. The van der Waals surface area contributed by atoms with Crippen LogP contribution in [-0.4, -0.2) is 30.0 Å². The molecule has 6 nitrogen and oxygen atoms in total. The monoisotopic (exact) mass is 263 g/mol. The second kappa shape index (κ2) is 5.79. The van der Waals surface area contributed by atoms with Gasteiger partial charge in [0.1, 0.15) is 0 Å². The van der Waals surface area contributed by atoms with Crippen molar-refractivity contribution in [2.24, 2.45) is 0 Å². The van der Waals surface area contributed by atoms with Crippen LogP contribution in [0.5, 0.6) is 0 Å². The third kappa shape index (κ3) is 3.51. The molecule has 1 amide bonds. The highest BCUT2D eigenvalue weighted by atomic mass is 16.6. The minimum atomic E-state index is -0.480. The second-order valence-electron chi connectivity index (χ2n) is 4.83. The van der Waals surface area contributed by atoms with E-state index in [9.17, 15) is 14.9 Å². The van der Waals surface area contributed by atoms with Gasteiger partial charge in [-0.3, -0.25) is 14.9 Å². The van der Waals surface area contributed by atoms with E-state index in [-0.39, 0.29) is 17.6 Å². The van der Waals surface area contributed by atoms with Crippen LogP contribution >= 0.6 is 0 Å². The maximum atomic E-state index is 12.1. The number of hydrogen-bond donors (Lipinski definition) is 2. The van der Waals surface area contributed by atoms with E-state index in [1.165, 1.54) is 12.1 Å². The van der Waals surface area contributed by atoms with Gasteiger partial charge in [0, 0.05) is 30.3 Å². The molecule has 0 aliphatic carbocycles. The van der Waals surface area contributed by atoms with Gasteiger partial charge in [0.15, 0.2) is 0 Å². The molecule has 1 unspecified atom stereocenters. The molecule has 0 aromatic heterocycles. The molecular weight excluding hydrogens is 246 g/mol. The van der Waals surface area contributed by atoms with Crippen LogP contribution in [0.1, 0.15) is 28.8 Å². The van der Waals surface area contributed by atoms with Gasteiger partial charge in [-0.05, 0) is 37.9 Å². The zero-order valence-electron chi connectivity index (χ0n) is 10.8.